The number of ether oxygens (including phenoxy) is 3. The van der Waals surface area contributed by atoms with Gasteiger partial charge in [-0.25, -0.2) is 0 Å². The number of nitrogens with one attached hydrogen (secondary N) is 2. The molecule has 0 saturated heterocycles. The monoisotopic (exact) mass is 468 g/mol. The number of nitrogens with zero attached hydrogens (tertiary/aromatic N) is 2. The number of carbonyl (C=O) groups excluding carboxylic acids is 2. The molecule has 0 saturated carbocycles. The van der Waals surface area contributed by atoms with Crippen LogP contribution in [0.25, 0.3) is 10.6 Å². The minimum absolute atomic E-state index is 0.0908. The van der Waals surface area contributed by atoms with Gasteiger partial charge < -0.3 is 19.5 Å². The Morgan fingerprint density at radius 3 is 2.70 bits per heavy atom. The van der Waals surface area contributed by atoms with E-state index in [1.807, 2.05) is 50.2 Å². The number of rotatable bonds is 9. The van der Waals surface area contributed by atoms with Gasteiger partial charge >= 0.3 is 0 Å². The first-order valence-electron chi connectivity index (χ1n) is 10.5. The van der Waals surface area contributed by atoms with Crippen molar-refractivity contribution in [3.8, 4) is 27.8 Å². The minimum Gasteiger partial charge on any atom is -0.484 e. The van der Waals surface area contributed by atoms with E-state index in [1.165, 1.54) is 11.3 Å². The Kier molecular flexibility index (Phi) is 7.04. The molecule has 10 heteroatoms. The van der Waals surface area contributed by atoms with E-state index in [0.717, 1.165) is 5.56 Å². The number of anilines is 1. The van der Waals surface area contributed by atoms with Crippen LogP contribution in [-0.4, -0.2) is 41.5 Å². The molecule has 4 rings (SSSR count). The second-order valence-corrected chi connectivity index (χ2v) is 8.48. The van der Waals surface area contributed by atoms with Gasteiger partial charge in [0.15, 0.2) is 18.1 Å². The lowest BCUT2D eigenvalue weighted by Crippen LogP contribution is -2.49. The van der Waals surface area contributed by atoms with Gasteiger partial charge in [-0.3, -0.25) is 14.9 Å². The molecule has 0 aliphatic carbocycles. The quantitative estimate of drug-likeness (QED) is 0.494. The molecule has 1 aromatic heterocycles. The highest BCUT2D eigenvalue weighted by Crippen LogP contribution is 2.37. The highest BCUT2D eigenvalue weighted by molar-refractivity contribution is 7.18. The number of carbonyl (C=O) groups is 2. The lowest BCUT2D eigenvalue weighted by molar-refractivity contribution is -0.128. The van der Waals surface area contributed by atoms with Crippen LogP contribution in [0.15, 0.2) is 48.5 Å². The van der Waals surface area contributed by atoms with Crippen molar-refractivity contribution in [1.29, 1.82) is 0 Å². The zero-order chi connectivity index (χ0) is 23.2. The summed E-state index contributed by atoms with van der Waals surface area (Å²) in [6.45, 7) is 3.87. The Morgan fingerprint density at radius 2 is 1.91 bits per heavy atom. The third-order valence-corrected chi connectivity index (χ3v) is 6.09. The second kappa shape index (κ2) is 10.3. The summed E-state index contributed by atoms with van der Waals surface area (Å²) >= 11 is 1.23. The van der Waals surface area contributed by atoms with E-state index < -0.39 is 6.04 Å². The van der Waals surface area contributed by atoms with Crippen molar-refractivity contribution in [3.05, 3.63) is 48.5 Å². The van der Waals surface area contributed by atoms with Crippen LogP contribution in [0.2, 0.25) is 0 Å². The van der Waals surface area contributed by atoms with Gasteiger partial charge in [-0.2, -0.15) is 0 Å². The zero-order valence-corrected chi connectivity index (χ0v) is 19.1. The summed E-state index contributed by atoms with van der Waals surface area (Å²) in [6.07, 6.45) is 0.705. The smallest absolute Gasteiger partial charge is 0.258 e. The van der Waals surface area contributed by atoms with Crippen LogP contribution in [0.5, 0.6) is 17.2 Å². The fourth-order valence-corrected chi connectivity index (χ4v) is 3.93. The molecule has 1 aliphatic heterocycles. The zero-order valence-electron chi connectivity index (χ0n) is 18.2. The number of benzene rings is 2. The standard InChI is InChI=1S/C23H24N4O5S/c1-3-14(2)20(24-19(28)12-30-16-7-5-4-6-8-16)21(29)25-23-27-26-22(33-23)15-9-10-17-18(11-15)32-13-31-17/h4-11,14,20H,3,12-13H2,1-2H3,(H,24,28)(H,25,27,29). The van der Waals surface area contributed by atoms with Crippen molar-refractivity contribution in [1.82, 2.24) is 15.5 Å². The molecule has 0 fully saturated rings. The summed E-state index contributed by atoms with van der Waals surface area (Å²) in [4.78, 5) is 25.4. The fraction of sp³-hybridized carbons (Fsp3) is 0.304. The average molecular weight is 469 g/mol. The van der Waals surface area contributed by atoms with E-state index in [9.17, 15) is 9.59 Å². The van der Waals surface area contributed by atoms with Gasteiger partial charge in [0.05, 0.1) is 0 Å². The van der Waals surface area contributed by atoms with E-state index in [4.69, 9.17) is 14.2 Å². The predicted molar refractivity (Wildman–Crippen MR) is 123 cm³/mol. The summed E-state index contributed by atoms with van der Waals surface area (Å²) in [6, 6.07) is 13.8. The van der Waals surface area contributed by atoms with Crippen molar-refractivity contribution in [2.45, 2.75) is 26.3 Å². The van der Waals surface area contributed by atoms with Crippen LogP contribution in [0, 0.1) is 5.92 Å². The molecule has 3 aromatic rings. The number of para-hydroxylation sites is 1. The molecule has 2 heterocycles. The van der Waals surface area contributed by atoms with Crippen LogP contribution in [0.3, 0.4) is 0 Å². The molecule has 33 heavy (non-hydrogen) atoms. The number of fused-ring (bicyclic) bond motifs is 1. The van der Waals surface area contributed by atoms with Crippen LogP contribution in [0.4, 0.5) is 5.13 Å². The molecule has 2 N–H and O–H groups in total. The van der Waals surface area contributed by atoms with Crippen molar-refractivity contribution < 1.29 is 23.8 Å². The minimum atomic E-state index is -0.736. The largest absolute Gasteiger partial charge is 0.484 e. The SMILES string of the molecule is CCC(C)C(NC(=O)COc1ccccc1)C(=O)Nc1nnc(-c2ccc3c(c2)OCO3)s1. The molecule has 1 aliphatic rings. The molecule has 0 bridgehead atoms. The lowest BCUT2D eigenvalue weighted by Gasteiger charge is -2.23. The molecule has 2 atom stereocenters. The van der Waals surface area contributed by atoms with Gasteiger partial charge in [0, 0.05) is 5.56 Å². The molecule has 2 amide bonds. The van der Waals surface area contributed by atoms with Crippen LogP contribution in [0.1, 0.15) is 20.3 Å². The number of hydrogen-bond donors (Lipinski definition) is 2. The Labute approximate surface area is 195 Å². The van der Waals surface area contributed by atoms with Gasteiger partial charge in [-0.05, 0) is 36.2 Å². The molecular formula is C23H24N4O5S. The highest BCUT2D eigenvalue weighted by Gasteiger charge is 2.27. The first-order chi connectivity index (χ1) is 16.0. The normalized spacial score (nSPS) is 13.8. The van der Waals surface area contributed by atoms with Crippen molar-refractivity contribution >= 4 is 28.3 Å². The Bertz CT molecular complexity index is 1120. The summed E-state index contributed by atoms with van der Waals surface area (Å²) in [5.41, 5.74) is 0.807. The van der Waals surface area contributed by atoms with Crippen molar-refractivity contribution in [3.63, 3.8) is 0 Å². The first kappa shape index (κ1) is 22.5. The van der Waals surface area contributed by atoms with E-state index in [0.29, 0.717) is 33.8 Å². The molecule has 2 aromatic carbocycles. The van der Waals surface area contributed by atoms with Gasteiger partial charge in [0.25, 0.3) is 5.91 Å². The summed E-state index contributed by atoms with van der Waals surface area (Å²) < 4.78 is 16.2. The van der Waals surface area contributed by atoms with Crippen molar-refractivity contribution in [2.75, 3.05) is 18.7 Å². The fourth-order valence-electron chi connectivity index (χ4n) is 3.19. The first-order valence-corrected chi connectivity index (χ1v) is 11.4. The van der Waals surface area contributed by atoms with Gasteiger partial charge in [0.2, 0.25) is 17.8 Å². The van der Waals surface area contributed by atoms with E-state index in [2.05, 4.69) is 20.8 Å². The van der Waals surface area contributed by atoms with Gasteiger partial charge in [-0.1, -0.05) is 49.8 Å². The average Bonchev–Trinajstić information content (AvgIpc) is 3.50. The molecule has 0 spiro atoms. The number of amides is 2. The van der Waals surface area contributed by atoms with Crippen LogP contribution in [-0.2, 0) is 9.59 Å². The number of aromatic nitrogens is 2. The summed E-state index contributed by atoms with van der Waals surface area (Å²) in [5, 5.41) is 14.8. The third-order valence-electron chi connectivity index (χ3n) is 5.20. The van der Waals surface area contributed by atoms with Gasteiger partial charge in [0.1, 0.15) is 16.8 Å². The molecule has 0 radical (unpaired) electrons. The van der Waals surface area contributed by atoms with E-state index >= 15 is 0 Å². The third kappa shape index (κ3) is 5.58. The second-order valence-electron chi connectivity index (χ2n) is 7.50. The maximum Gasteiger partial charge on any atom is 0.258 e. The van der Waals surface area contributed by atoms with E-state index in [1.54, 1.807) is 12.1 Å². The molecular weight excluding hydrogens is 444 g/mol. The predicted octanol–water partition coefficient (Wildman–Crippen LogP) is 3.48. The molecule has 9 nitrogen and oxygen atoms in total. The highest BCUT2D eigenvalue weighted by atomic mass is 32.1. The summed E-state index contributed by atoms with van der Waals surface area (Å²) in [7, 11) is 0. The Morgan fingerprint density at radius 1 is 1.12 bits per heavy atom. The van der Waals surface area contributed by atoms with Crippen LogP contribution >= 0.6 is 11.3 Å². The summed E-state index contributed by atoms with van der Waals surface area (Å²) in [5.74, 6) is 1.09. The maximum atomic E-state index is 13.0. The molecule has 172 valence electrons. The topological polar surface area (TPSA) is 112 Å². The van der Waals surface area contributed by atoms with Crippen LogP contribution < -0.4 is 24.8 Å². The molecule has 2 unspecified atom stereocenters. The van der Waals surface area contributed by atoms with E-state index in [-0.39, 0.29) is 31.1 Å². The number of hydrogen-bond acceptors (Lipinski definition) is 8. The lowest BCUT2D eigenvalue weighted by atomic mass is 9.98. The Hall–Kier alpha value is -3.66. The van der Waals surface area contributed by atoms with Gasteiger partial charge in [-0.15, -0.1) is 10.2 Å². The Balaban J connectivity index is 1.38. The van der Waals surface area contributed by atoms with Crippen molar-refractivity contribution in [2.24, 2.45) is 5.92 Å². The maximum absolute atomic E-state index is 13.0.